The van der Waals surface area contributed by atoms with E-state index in [1.165, 1.54) is 15.6 Å². The van der Waals surface area contributed by atoms with Crippen LogP contribution in [-0.2, 0) is 18.3 Å². The molecule has 0 unspecified atom stereocenters. The third-order valence-corrected chi connectivity index (χ3v) is 5.94. The van der Waals surface area contributed by atoms with Gasteiger partial charge in [-0.25, -0.2) is 4.68 Å². The lowest BCUT2D eigenvalue weighted by molar-refractivity contribution is -0.123. The van der Waals surface area contributed by atoms with E-state index in [1.54, 1.807) is 13.2 Å². The number of aromatic amines is 1. The largest absolute Gasteiger partial charge is 0.361 e. The highest BCUT2D eigenvalue weighted by Gasteiger charge is 2.23. The number of nitrogens with one attached hydrogen (secondary N) is 2. The van der Waals surface area contributed by atoms with Gasteiger partial charge in [-0.1, -0.05) is 36.4 Å². The molecule has 3 aromatic heterocycles. The molecule has 0 saturated carbocycles. The first kappa shape index (κ1) is 19.1. The van der Waals surface area contributed by atoms with Crippen molar-refractivity contribution in [2.75, 3.05) is 6.54 Å². The van der Waals surface area contributed by atoms with Gasteiger partial charge in [0, 0.05) is 41.5 Å². The maximum atomic E-state index is 13.1. The molecule has 0 fully saturated rings. The zero-order valence-corrected chi connectivity index (χ0v) is 17.4. The highest BCUT2D eigenvalue weighted by atomic mass is 16.2. The van der Waals surface area contributed by atoms with Gasteiger partial charge in [-0.15, -0.1) is 0 Å². The molecular formula is C24H23N5O2. The number of H-pyrrole nitrogens is 1. The van der Waals surface area contributed by atoms with Crippen molar-refractivity contribution >= 4 is 38.6 Å². The van der Waals surface area contributed by atoms with Gasteiger partial charge in [0.2, 0.25) is 5.91 Å². The fourth-order valence-electron chi connectivity index (χ4n) is 4.31. The van der Waals surface area contributed by atoms with Crippen LogP contribution in [0.5, 0.6) is 0 Å². The summed E-state index contributed by atoms with van der Waals surface area (Å²) in [4.78, 5) is 29.2. The van der Waals surface area contributed by atoms with Crippen LogP contribution in [-0.4, -0.2) is 31.8 Å². The summed E-state index contributed by atoms with van der Waals surface area (Å²) >= 11 is 0. The molecule has 0 spiro atoms. The van der Waals surface area contributed by atoms with E-state index in [1.807, 2.05) is 60.2 Å². The number of carbonyl (C=O) groups excluding carboxylic acids is 1. The van der Waals surface area contributed by atoms with Gasteiger partial charge < -0.3 is 14.9 Å². The molecule has 0 aliphatic heterocycles. The Hall–Kier alpha value is -3.87. The fourth-order valence-corrected chi connectivity index (χ4v) is 4.31. The predicted octanol–water partition coefficient (Wildman–Crippen LogP) is 3.29. The zero-order chi connectivity index (χ0) is 21.5. The Kier molecular flexibility index (Phi) is 4.58. The van der Waals surface area contributed by atoms with Crippen LogP contribution in [0.2, 0.25) is 0 Å². The molecule has 2 N–H and O–H groups in total. The van der Waals surface area contributed by atoms with Crippen LogP contribution in [0.1, 0.15) is 18.5 Å². The maximum Gasteiger partial charge on any atom is 0.291 e. The Balaban J connectivity index is 1.44. The van der Waals surface area contributed by atoms with Crippen molar-refractivity contribution < 1.29 is 4.79 Å². The number of fused-ring (bicyclic) bond motifs is 4. The molecular weight excluding hydrogens is 390 g/mol. The Morgan fingerprint density at radius 3 is 2.68 bits per heavy atom. The number of aryl methyl sites for hydroxylation is 1. The van der Waals surface area contributed by atoms with E-state index in [0.717, 1.165) is 28.2 Å². The second-order valence-corrected chi connectivity index (χ2v) is 7.80. The van der Waals surface area contributed by atoms with Gasteiger partial charge >= 0.3 is 0 Å². The van der Waals surface area contributed by atoms with Crippen molar-refractivity contribution in [3.05, 3.63) is 76.8 Å². The molecule has 2 aromatic carbocycles. The first-order valence-corrected chi connectivity index (χ1v) is 10.3. The number of aromatic nitrogens is 4. The summed E-state index contributed by atoms with van der Waals surface area (Å²) in [6.07, 6.45) is 4.41. The summed E-state index contributed by atoms with van der Waals surface area (Å²) in [5.41, 5.74) is 3.39. The number of benzene rings is 2. The average Bonchev–Trinajstić information content (AvgIpc) is 3.35. The summed E-state index contributed by atoms with van der Waals surface area (Å²) in [6.45, 7) is 2.34. The molecule has 0 aliphatic rings. The summed E-state index contributed by atoms with van der Waals surface area (Å²) in [6, 6.07) is 15.3. The van der Waals surface area contributed by atoms with Gasteiger partial charge in [-0.2, -0.15) is 5.10 Å². The van der Waals surface area contributed by atoms with Gasteiger partial charge in [0.05, 0.1) is 11.7 Å². The topological polar surface area (TPSA) is 84.7 Å². The van der Waals surface area contributed by atoms with Gasteiger partial charge in [0.15, 0.2) is 0 Å². The fraction of sp³-hybridized carbons (Fsp3) is 0.208. The number of hydrogen-bond acceptors (Lipinski definition) is 3. The molecule has 7 nitrogen and oxygen atoms in total. The minimum Gasteiger partial charge on any atom is -0.361 e. The molecule has 1 atom stereocenters. The van der Waals surface area contributed by atoms with Gasteiger partial charge in [-0.3, -0.25) is 9.59 Å². The molecule has 0 aliphatic carbocycles. The number of rotatable bonds is 5. The molecule has 3 heterocycles. The standard InChI is InChI=1S/C24H23N5O2/c1-15(23(30)25-12-11-16-13-26-20-9-5-3-7-17(16)20)29-21-10-6-4-8-18(21)19-14-27-28(2)24(31)22(19)29/h3-10,13-15,26H,11-12H2,1-2H3,(H,25,30)/t15-/m0/s1. The van der Waals surface area contributed by atoms with Gasteiger partial charge in [0.1, 0.15) is 11.6 Å². The first-order chi connectivity index (χ1) is 15.1. The zero-order valence-electron chi connectivity index (χ0n) is 17.4. The lowest BCUT2D eigenvalue weighted by Crippen LogP contribution is -2.33. The lowest BCUT2D eigenvalue weighted by Gasteiger charge is -2.16. The molecule has 31 heavy (non-hydrogen) atoms. The van der Waals surface area contributed by atoms with E-state index in [9.17, 15) is 9.59 Å². The van der Waals surface area contributed by atoms with Crippen LogP contribution in [0, 0.1) is 0 Å². The second-order valence-electron chi connectivity index (χ2n) is 7.80. The molecule has 5 aromatic rings. The number of carbonyl (C=O) groups is 1. The number of nitrogens with zero attached hydrogens (tertiary/aromatic N) is 3. The third-order valence-electron chi connectivity index (χ3n) is 5.94. The SMILES string of the molecule is C[C@@H](C(=O)NCCc1c[nH]c2ccccc12)n1c2ccccc2c2cnn(C)c(=O)c21. The summed E-state index contributed by atoms with van der Waals surface area (Å²) in [7, 11) is 1.62. The Labute approximate surface area is 178 Å². The van der Waals surface area contributed by atoms with E-state index < -0.39 is 6.04 Å². The van der Waals surface area contributed by atoms with Crippen LogP contribution in [0.4, 0.5) is 0 Å². The summed E-state index contributed by atoms with van der Waals surface area (Å²) < 4.78 is 3.13. The van der Waals surface area contributed by atoms with Crippen LogP contribution >= 0.6 is 0 Å². The monoisotopic (exact) mass is 413 g/mol. The van der Waals surface area contributed by atoms with E-state index in [4.69, 9.17) is 0 Å². The van der Waals surface area contributed by atoms with Crippen molar-refractivity contribution in [2.24, 2.45) is 7.05 Å². The summed E-state index contributed by atoms with van der Waals surface area (Å²) in [5, 5.41) is 10.1. The second kappa shape index (κ2) is 7.43. The third kappa shape index (κ3) is 3.09. The number of amides is 1. The van der Waals surface area contributed by atoms with Crippen molar-refractivity contribution in [1.29, 1.82) is 0 Å². The van der Waals surface area contributed by atoms with Crippen LogP contribution in [0.3, 0.4) is 0 Å². The molecule has 0 saturated heterocycles. The van der Waals surface area contributed by atoms with E-state index in [-0.39, 0.29) is 11.5 Å². The Morgan fingerprint density at radius 2 is 1.84 bits per heavy atom. The molecule has 0 bridgehead atoms. The predicted molar refractivity (Wildman–Crippen MR) is 122 cm³/mol. The van der Waals surface area contributed by atoms with Crippen molar-refractivity contribution in [1.82, 2.24) is 24.6 Å². The molecule has 5 rings (SSSR count). The van der Waals surface area contributed by atoms with Crippen LogP contribution < -0.4 is 10.9 Å². The maximum absolute atomic E-state index is 13.1. The average molecular weight is 413 g/mol. The quantitative estimate of drug-likeness (QED) is 0.464. The van der Waals surface area contributed by atoms with Gasteiger partial charge in [-0.05, 0) is 31.0 Å². The normalized spacial score (nSPS) is 12.6. The van der Waals surface area contributed by atoms with Gasteiger partial charge in [0.25, 0.3) is 5.56 Å². The molecule has 1 amide bonds. The highest BCUT2D eigenvalue weighted by molar-refractivity contribution is 6.08. The molecule has 156 valence electrons. The highest BCUT2D eigenvalue weighted by Crippen LogP contribution is 2.29. The van der Waals surface area contributed by atoms with Crippen LogP contribution in [0.25, 0.3) is 32.7 Å². The first-order valence-electron chi connectivity index (χ1n) is 10.3. The van der Waals surface area contributed by atoms with E-state index in [2.05, 4.69) is 21.5 Å². The van der Waals surface area contributed by atoms with E-state index >= 15 is 0 Å². The molecule has 0 radical (unpaired) electrons. The van der Waals surface area contributed by atoms with Crippen molar-refractivity contribution in [2.45, 2.75) is 19.4 Å². The Morgan fingerprint density at radius 1 is 1.10 bits per heavy atom. The van der Waals surface area contributed by atoms with Crippen molar-refractivity contribution in [3.63, 3.8) is 0 Å². The van der Waals surface area contributed by atoms with E-state index in [0.29, 0.717) is 12.1 Å². The smallest absolute Gasteiger partial charge is 0.291 e. The number of hydrogen-bond donors (Lipinski definition) is 2. The minimum absolute atomic E-state index is 0.124. The summed E-state index contributed by atoms with van der Waals surface area (Å²) in [5.74, 6) is -0.124. The molecule has 7 heteroatoms. The van der Waals surface area contributed by atoms with Crippen molar-refractivity contribution in [3.8, 4) is 0 Å². The minimum atomic E-state index is -0.541. The Bertz CT molecular complexity index is 1490. The van der Waals surface area contributed by atoms with Crippen LogP contribution in [0.15, 0.2) is 65.7 Å². The lowest BCUT2D eigenvalue weighted by atomic mass is 10.1. The number of para-hydroxylation sites is 2.